The Hall–Kier alpha value is -1.17. The topological polar surface area (TPSA) is 63.0 Å². The summed E-state index contributed by atoms with van der Waals surface area (Å²) in [6.45, 7) is 0. The smallest absolute Gasteiger partial charge is 0.266 e. The second-order valence-corrected chi connectivity index (χ2v) is 2.66. The maximum atomic E-state index is 11.0. The van der Waals surface area contributed by atoms with E-state index >= 15 is 0 Å². The molecule has 0 aromatic carbocycles. The molecule has 0 amide bonds. The van der Waals surface area contributed by atoms with Crippen LogP contribution in [0.2, 0.25) is 0 Å². The van der Waals surface area contributed by atoms with Crippen LogP contribution in [0.15, 0.2) is 21.8 Å². The average molecular weight is 215 g/mol. The third-order valence-corrected chi connectivity index (χ3v) is 1.81. The Bertz CT molecular complexity index is 445. The van der Waals surface area contributed by atoms with Gasteiger partial charge in [0.1, 0.15) is 5.52 Å². The predicted molar refractivity (Wildman–Crippen MR) is 41.3 cm³/mol. The van der Waals surface area contributed by atoms with Gasteiger partial charge in [-0.3, -0.25) is 4.79 Å². The van der Waals surface area contributed by atoms with Gasteiger partial charge in [0.15, 0.2) is 0 Å². The van der Waals surface area contributed by atoms with Gasteiger partial charge in [-0.25, -0.2) is 9.61 Å². The normalized spacial score (nSPS) is 10.6. The molecule has 0 aliphatic rings. The summed E-state index contributed by atoms with van der Waals surface area (Å²) in [7, 11) is 0. The molecule has 2 aromatic heterocycles. The van der Waals surface area contributed by atoms with Crippen LogP contribution in [-0.4, -0.2) is 19.8 Å². The first-order valence-corrected chi connectivity index (χ1v) is 3.66. The largest absolute Gasteiger partial charge is 0.290 e. The number of aromatic amines is 1. The predicted octanol–water partition coefficient (Wildman–Crippen LogP) is 0.180. The van der Waals surface area contributed by atoms with Gasteiger partial charge in [0.25, 0.3) is 5.56 Å². The second-order valence-electron chi connectivity index (χ2n) is 1.95. The zero-order valence-corrected chi connectivity index (χ0v) is 6.87. The van der Waals surface area contributed by atoms with Crippen molar-refractivity contribution in [2.75, 3.05) is 0 Å². The van der Waals surface area contributed by atoms with Crippen molar-refractivity contribution in [2.45, 2.75) is 0 Å². The van der Waals surface area contributed by atoms with Gasteiger partial charge >= 0.3 is 0 Å². The summed E-state index contributed by atoms with van der Waals surface area (Å²) in [6.07, 6.45) is 1.54. The molecule has 0 unspecified atom stereocenters. The molecule has 0 saturated heterocycles. The van der Waals surface area contributed by atoms with Gasteiger partial charge in [-0.05, 0) is 22.0 Å². The monoisotopic (exact) mass is 214 g/mol. The van der Waals surface area contributed by atoms with Gasteiger partial charge in [-0.2, -0.15) is 5.10 Å². The number of H-pyrrole nitrogens is 1. The summed E-state index contributed by atoms with van der Waals surface area (Å²) in [4.78, 5) is 11.0. The third-order valence-electron chi connectivity index (χ3n) is 1.30. The molecule has 0 aliphatic carbocycles. The highest BCUT2D eigenvalue weighted by Gasteiger charge is 2.01. The minimum Gasteiger partial charge on any atom is -0.266 e. The van der Waals surface area contributed by atoms with E-state index in [4.69, 9.17) is 0 Å². The Kier molecular flexibility index (Phi) is 1.28. The van der Waals surface area contributed by atoms with Crippen molar-refractivity contribution in [3.63, 3.8) is 0 Å². The van der Waals surface area contributed by atoms with Crippen LogP contribution in [0.3, 0.4) is 0 Å². The fourth-order valence-corrected chi connectivity index (χ4v) is 1.20. The number of hydrogen-bond acceptors (Lipinski definition) is 3. The van der Waals surface area contributed by atoms with E-state index < -0.39 is 0 Å². The first-order valence-electron chi connectivity index (χ1n) is 2.87. The van der Waals surface area contributed by atoms with E-state index in [-0.39, 0.29) is 5.56 Å². The van der Waals surface area contributed by atoms with Gasteiger partial charge in [0.05, 0.1) is 6.20 Å². The van der Waals surface area contributed by atoms with E-state index in [1.54, 1.807) is 6.07 Å². The molecule has 2 aromatic rings. The Morgan fingerprint density at radius 3 is 3.18 bits per heavy atom. The van der Waals surface area contributed by atoms with Crippen LogP contribution >= 0.6 is 15.9 Å². The van der Waals surface area contributed by atoms with Crippen molar-refractivity contribution in [1.82, 2.24) is 19.8 Å². The fourth-order valence-electron chi connectivity index (χ4n) is 0.824. The van der Waals surface area contributed by atoms with Gasteiger partial charge in [0.2, 0.25) is 4.73 Å². The van der Waals surface area contributed by atoms with E-state index in [0.29, 0.717) is 10.3 Å². The molecule has 2 heterocycles. The molecule has 2 rings (SSSR count). The molecular weight excluding hydrogens is 212 g/mol. The summed E-state index contributed by atoms with van der Waals surface area (Å²) in [5, 5.41) is 9.84. The molecule has 0 bridgehead atoms. The first kappa shape index (κ1) is 6.53. The SMILES string of the molecule is O=c1[nH]nc(Br)n2nccc12. The number of halogens is 1. The lowest BCUT2D eigenvalue weighted by molar-refractivity contribution is 0.813. The minimum absolute atomic E-state index is 0.245. The van der Waals surface area contributed by atoms with Crippen LogP contribution in [-0.2, 0) is 0 Å². The standard InChI is InChI=1S/C5H3BrN4O/c6-5-9-8-4(11)3-1-2-7-10(3)5/h1-2H,(H,8,11). The highest BCUT2D eigenvalue weighted by molar-refractivity contribution is 9.10. The van der Waals surface area contributed by atoms with Crippen molar-refractivity contribution >= 4 is 21.4 Å². The molecule has 0 fully saturated rings. The average Bonchev–Trinajstić information content (AvgIpc) is 2.45. The molecule has 1 N–H and O–H groups in total. The third kappa shape index (κ3) is 0.864. The van der Waals surface area contributed by atoms with Gasteiger partial charge < -0.3 is 0 Å². The van der Waals surface area contributed by atoms with Crippen molar-refractivity contribution in [3.8, 4) is 0 Å². The lowest BCUT2D eigenvalue weighted by Crippen LogP contribution is -2.12. The zero-order chi connectivity index (χ0) is 7.84. The van der Waals surface area contributed by atoms with Crippen molar-refractivity contribution < 1.29 is 0 Å². The molecule has 6 heteroatoms. The maximum Gasteiger partial charge on any atom is 0.290 e. The highest BCUT2D eigenvalue weighted by Crippen LogP contribution is 2.02. The van der Waals surface area contributed by atoms with E-state index in [9.17, 15) is 4.79 Å². The van der Waals surface area contributed by atoms with E-state index in [0.717, 1.165) is 0 Å². The van der Waals surface area contributed by atoms with Crippen LogP contribution in [0.25, 0.3) is 5.52 Å². The van der Waals surface area contributed by atoms with Crippen LogP contribution in [0.5, 0.6) is 0 Å². The van der Waals surface area contributed by atoms with Gasteiger partial charge in [-0.15, -0.1) is 5.10 Å². The summed E-state index contributed by atoms with van der Waals surface area (Å²) >= 11 is 3.13. The molecule has 0 aliphatic heterocycles. The van der Waals surface area contributed by atoms with Crippen molar-refractivity contribution in [2.24, 2.45) is 0 Å². The van der Waals surface area contributed by atoms with Crippen LogP contribution in [0, 0.1) is 0 Å². The first-order chi connectivity index (χ1) is 5.29. The summed E-state index contributed by atoms with van der Waals surface area (Å²) < 4.78 is 1.90. The number of aromatic nitrogens is 4. The summed E-state index contributed by atoms with van der Waals surface area (Å²) in [5.74, 6) is 0. The molecular formula is C5H3BrN4O. The van der Waals surface area contributed by atoms with Crippen LogP contribution < -0.4 is 5.56 Å². The molecule has 0 atom stereocenters. The molecule has 0 spiro atoms. The van der Waals surface area contributed by atoms with Crippen molar-refractivity contribution in [1.29, 1.82) is 0 Å². The van der Waals surface area contributed by atoms with Crippen molar-refractivity contribution in [3.05, 3.63) is 27.4 Å². The number of nitrogens with one attached hydrogen (secondary N) is 1. The molecule has 11 heavy (non-hydrogen) atoms. The lowest BCUT2D eigenvalue weighted by Gasteiger charge is -1.91. The lowest BCUT2D eigenvalue weighted by atomic mass is 10.5. The van der Waals surface area contributed by atoms with Crippen LogP contribution in [0.4, 0.5) is 0 Å². The molecule has 0 radical (unpaired) electrons. The zero-order valence-electron chi connectivity index (χ0n) is 5.28. The van der Waals surface area contributed by atoms with Gasteiger partial charge in [-0.1, -0.05) is 0 Å². The number of rotatable bonds is 0. The minimum atomic E-state index is -0.245. The Morgan fingerprint density at radius 2 is 2.45 bits per heavy atom. The van der Waals surface area contributed by atoms with E-state index in [1.807, 2.05) is 0 Å². The fraction of sp³-hybridized carbons (Fsp3) is 0. The van der Waals surface area contributed by atoms with Gasteiger partial charge in [0, 0.05) is 0 Å². The number of nitrogens with zero attached hydrogens (tertiary/aromatic N) is 3. The Balaban J connectivity index is 3.08. The molecule has 0 saturated carbocycles. The van der Waals surface area contributed by atoms with Crippen LogP contribution in [0.1, 0.15) is 0 Å². The highest BCUT2D eigenvalue weighted by atomic mass is 79.9. The summed E-state index contributed by atoms with van der Waals surface area (Å²) in [5.41, 5.74) is 0.234. The quantitative estimate of drug-likeness (QED) is 0.681. The Morgan fingerprint density at radius 1 is 1.64 bits per heavy atom. The number of fused-ring (bicyclic) bond motifs is 1. The maximum absolute atomic E-state index is 11.0. The summed E-state index contributed by atoms with van der Waals surface area (Å²) in [6, 6.07) is 1.62. The van der Waals surface area contributed by atoms with E-state index in [1.165, 1.54) is 10.7 Å². The molecule has 5 nitrogen and oxygen atoms in total. The number of hydrogen-bond donors (Lipinski definition) is 1. The molecule has 56 valence electrons. The van der Waals surface area contributed by atoms with E-state index in [2.05, 4.69) is 31.2 Å². The second kappa shape index (κ2) is 2.16. The Labute approximate surface area is 69.2 Å².